The van der Waals surface area contributed by atoms with E-state index in [1.807, 2.05) is 17.9 Å². The number of carbonyl (C=O) groups excluding carboxylic acids is 1. The summed E-state index contributed by atoms with van der Waals surface area (Å²) < 4.78 is 5.11. The summed E-state index contributed by atoms with van der Waals surface area (Å²) in [5.41, 5.74) is 7.08. The average molecular weight is 391 g/mol. The van der Waals surface area contributed by atoms with Crippen LogP contribution in [0, 0.1) is 13.8 Å². The van der Waals surface area contributed by atoms with Gasteiger partial charge in [0.2, 0.25) is 0 Å². The third-order valence-electron chi connectivity index (χ3n) is 5.37. The predicted molar refractivity (Wildman–Crippen MR) is 114 cm³/mol. The number of oxazole rings is 1. The number of aromatic amines is 1. The molecule has 0 aliphatic carbocycles. The zero-order valence-corrected chi connectivity index (χ0v) is 16.9. The van der Waals surface area contributed by atoms with E-state index in [1.165, 1.54) is 22.3 Å². The van der Waals surface area contributed by atoms with Crippen LogP contribution >= 0.6 is 0 Å². The van der Waals surface area contributed by atoms with Gasteiger partial charge in [-0.15, -0.1) is 0 Å². The van der Waals surface area contributed by atoms with Crippen LogP contribution in [0.15, 0.2) is 51.7 Å². The molecule has 0 radical (unpaired) electrons. The lowest BCUT2D eigenvalue weighted by molar-refractivity contribution is 0.199. The maximum absolute atomic E-state index is 12.7. The molecule has 1 atom stereocenters. The van der Waals surface area contributed by atoms with Crippen molar-refractivity contribution in [3.63, 3.8) is 0 Å². The number of benzene rings is 2. The lowest BCUT2D eigenvalue weighted by atomic mass is 9.96. The Morgan fingerprint density at radius 2 is 1.93 bits per heavy atom. The van der Waals surface area contributed by atoms with Crippen LogP contribution in [0.5, 0.6) is 0 Å². The molecule has 2 N–H and O–H groups in total. The zero-order valence-electron chi connectivity index (χ0n) is 16.9. The standard InChI is InChI=1S/C23H25N3O3/c1-14-10-15(2)12-19(11-14)17-6-8-26(9-7-17)22(27)24-16(3)18-4-5-20-21(13-18)29-23(28)25-20/h4-6,10-13,16H,7-9H2,1-3H3,(H,24,27)(H,25,28). The first-order chi connectivity index (χ1) is 13.9. The number of amides is 2. The number of nitrogens with zero attached hydrogens (tertiary/aromatic N) is 1. The van der Waals surface area contributed by atoms with Crippen molar-refractivity contribution >= 4 is 22.7 Å². The van der Waals surface area contributed by atoms with Gasteiger partial charge in [-0.2, -0.15) is 0 Å². The second kappa shape index (κ2) is 7.62. The monoisotopic (exact) mass is 391 g/mol. The quantitative estimate of drug-likeness (QED) is 0.699. The number of urea groups is 1. The number of carbonyl (C=O) groups is 1. The Kier molecular flexibility index (Phi) is 5.01. The number of rotatable bonds is 3. The van der Waals surface area contributed by atoms with Gasteiger partial charge in [0.05, 0.1) is 11.6 Å². The highest BCUT2D eigenvalue weighted by Gasteiger charge is 2.20. The van der Waals surface area contributed by atoms with Gasteiger partial charge in [-0.3, -0.25) is 4.98 Å². The number of aromatic nitrogens is 1. The van der Waals surface area contributed by atoms with Crippen molar-refractivity contribution in [3.8, 4) is 0 Å². The number of H-pyrrole nitrogens is 1. The van der Waals surface area contributed by atoms with Crippen LogP contribution in [0.4, 0.5) is 4.79 Å². The third kappa shape index (κ3) is 4.11. The number of hydrogen-bond acceptors (Lipinski definition) is 3. The molecule has 6 heteroatoms. The van der Waals surface area contributed by atoms with E-state index in [0.717, 1.165) is 12.0 Å². The van der Waals surface area contributed by atoms with Crippen molar-refractivity contribution in [1.82, 2.24) is 15.2 Å². The van der Waals surface area contributed by atoms with Gasteiger partial charge in [0.1, 0.15) is 0 Å². The molecule has 0 bridgehead atoms. The van der Waals surface area contributed by atoms with E-state index >= 15 is 0 Å². The minimum atomic E-state index is -0.478. The second-order valence-corrected chi connectivity index (χ2v) is 7.74. The van der Waals surface area contributed by atoms with Crippen molar-refractivity contribution in [2.45, 2.75) is 33.2 Å². The molecule has 2 heterocycles. The summed E-state index contributed by atoms with van der Waals surface area (Å²) >= 11 is 0. The molecule has 2 aromatic carbocycles. The highest BCUT2D eigenvalue weighted by Crippen LogP contribution is 2.25. The Hall–Kier alpha value is -3.28. The molecule has 2 amide bonds. The minimum absolute atomic E-state index is 0.0937. The lowest BCUT2D eigenvalue weighted by Crippen LogP contribution is -2.43. The Labute approximate surface area is 169 Å². The van der Waals surface area contributed by atoms with E-state index in [2.05, 4.69) is 48.4 Å². The molecule has 0 saturated heterocycles. The normalized spacial score (nSPS) is 15.3. The molecular formula is C23H25N3O3. The summed E-state index contributed by atoms with van der Waals surface area (Å²) in [6, 6.07) is 11.7. The van der Waals surface area contributed by atoms with Crippen molar-refractivity contribution in [2.75, 3.05) is 13.1 Å². The average Bonchev–Trinajstić information content (AvgIpc) is 3.06. The SMILES string of the molecule is Cc1cc(C)cc(C2=CCN(C(=O)NC(C)c3ccc4[nH]c(=O)oc4c3)CC2)c1. The van der Waals surface area contributed by atoms with E-state index in [9.17, 15) is 9.59 Å². The summed E-state index contributed by atoms with van der Waals surface area (Å²) in [7, 11) is 0. The fourth-order valence-electron chi connectivity index (χ4n) is 3.87. The molecule has 1 unspecified atom stereocenters. The third-order valence-corrected chi connectivity index (χ3v) is 5.37. The van der Waals surface area contributed by atoms with Crippen LogP contribution in [-0.2, 0) is 0 Å². The maximum Gasteiger partial charge on any atom is 0.417 e. The molecule has 29 heavy (non-hydrogen) atoms. The Balaban J connectivity index is 1.42. The van der Waals surface area contributed by atoms with Crippen LogP contribution in [0.25, 0.3) is 16.7 Å². The smallest absolute Gasteiger partial charge is 0.408 e. The Bertz CT molecular complexity index is 1140. The Morgan fingerprint density at radius 3 is 2.62 bits per heavy atom. The summed E-state index contributed by atoms with van der Waals surface area (Å²) in [5, 5.41) is 3.04. The van der Waals surface area contributed by atoms with Gasteiger partial charge in [0.15, 0.2) is 5.58 Å². The first-order valence-corrected chi connectivity index (χ1v) is 9.85. The molecule has 1 aliphatic heterocycles. The molecule has 1 aromatic heterocycles. The van der Waals surface area contributed by atoms with Crippen LogP contribution in [0.3, 0.4) is 0 Å². The molecular weight excluding hydrogens is 366 g/mol. The first-order valence-electron chi connectivity index (χ1n) is 9.85. The molecule has 6 nitrogen and oxygen atoms in total. The van der Waals surface area contributed by atoms with Crippen molar-refractivity contribution in [3.05, 3.63) is 75.3 Å². The van der Waals surface area contributed by atoms with Crippen molar-refractivity contribution in [1.29, 1.82) is 0 Å². The van der Waals surface area contributed by atoms with Crippen LogP contribution < -0.4 is 11.1 Å². The summed E-state index contributed by atoms with van der Waals surface area (Å²) in [4.78, 5) is 28.5. The highest BCUT2D eigenvalue weighted by atomic mass is 16.4. The van der Waals surface area contributed by atoms with Crippen LogP contribution in [0.2, 0.25) is 0 Å². The van der Waals surface area contributed by atoms with Gasteiger partial charge in [-0.1, -0.05) is 41.5 Å². The second-order valence-electron chi connectivity index (χ2n) is 7.74. The topological polar surface area (TPSA) is 78.3 Å². The van der Waals surface area contributed by atoms with E-state index in [1.54, 1.807) is 12.1 Å². The number of hydrogen-bond donors (Lipinski definition) is 2. The van der Waals surface area contributed by atoms with E-state index in [4.69, 9.17) is 4.42 Å². The molecule has 3 aromatic rings. The lowest BCUT2D eigenvalue weighted by Gasteiger charge is -2.28. The summed E-state index contributed by atoms with van der Waals surface area (Å²) in [6.07, 6.45) is 2.98. The van der Waals surface area contributed by atoms with Gasteiger partial charge >= 0.3 is 11.8 Å². The van der Waals surface area contributed by atoms with Gasteiger partial charge in [0.25, 0.3) is 0 Å². The van der Waals surface area contributed by atoms with Gasteiger partial charge < -0.3 is 14.6 Å². The molecule has 1 aliphatic rings. The summed E-state index contributed by atoms with van der Waals surface area (Å²) in [6.45, 7) is 7.41. The molecule has 0 saturated carbocycles. The minimum Gasteiger partial charge on any atom is -0.408 e. The highest BCUT2D eigenvalue weighted by molar-refractivity contribution is 5.78. The van der Waals surface area contributed by atoms with Crippen LogP contribution in [-0.4, -0.2) is 29.0 Å². The molecule has 150 valence electrons. The maximum atomic E-state index is 12.7. The fraction of sp³-hybridized carbons (Fsp3) is 0.304. The van der Waals surface area contributed by atoms with E-state index < -0.39 is 5.76 Å². The largest absolute Gasteiger partial charge is 0.417 e. The summed E-state index contributed by atoms with van der Waals surface area (Å²) in [5.74, 6) is -0.478. The Morgan fingerprint density at radius 1 is 1.17 bits per heavy atom. The fourth-order valence-corrected chi connectivity index (χ4v) is 3.87. The van der Waals surface area contributed by atoms with Crippen molar-refractivity contribution in [2.24, 2.45) is 0 Å². The van der Waals surface area contributed by atoms with Gasteiger partial charge in [-0.25, -0.2) is 9.59 Å². The van der Waals surface area contributed by atoms with Gasteiger partial charge in [0, 0.05) is 13.1 Å². The van der Waals surface area contributed by atoms with Gasteiger partial charge in [-0.05, 0) is 56.0 Å². The van der Waals surface area contributed by atoms with E-state index in [-0.39, 0.29) is 12.1 Å². The molecule has 0 spiro atoms. The molecule has 0 fully saturated rings. The molecule has 4 rings (SSSR count). The van der Waals surface area contributed by atoms with Crippen molar-refractivity contribution < 1.29 is 9.21 Å². The first kappa shape index (κ1) is 19.1. The predicted octanol–water partition coefficient (Wildman–Crippen LogP) is 4.30. The number of aryl methyl sites for hydroxylation is 2. The number of fused-ring (bicyclic) bond motifs is 1. The van der Waals surface area contributed by atoms with Crippen LogP contribution in [0.1, 0.15) is 41.6 Å². The number of nitrogens with one attached hydrogen (secondary N) is 2. The zero-order chi connectivity index (χ0) is 20.5. The van der Waals surface area contributed by atoms with E-state index in [0.29, 0.717) is 24.2 Å².